The van der Waals surface area contributed by atoms with Crippen LogP contribution >= 0.6 is 12.4 Å². The van der Waals surface area contributed by atoms with Crippen molar-refractivity contribution in [3.8, 4) is 0 Å². The molecule has 7 nitrogen and oxygen atoms in total. The molecule has 0 bridgehead atoms. The zero-order valence-corrected chi connectivity index (χ0v) is 13.7. The first kappa shape index (κ1) is 19.2. The number of carbonyl (C=O) groups excluding carboxylic acids is 1. The molecule has 1 aliphatic rings. The minimum Gasteiger partial charge on any atom is -0.383 e. The molecule has 8 heteroatoms. The summed E-state index contributed by atoms with van der Waals surface area (Å²) in [5.74, 6) is 0.343. The number of nitrogens with one attached hydrogen (secondary N) is 2. The highest BCUT2D eigenvalue weighted by Gasteiger charge is 2.25. The van der Waals surface area contributed by atoms with Crippen molar-refractivity contribution in [3.05, 3.63) is 34.4 Å². The van der Waals surface area contributed by atoms with Gasteiger partial charge in [0, 0.05) is 43.4 Å². The smallest absolute Gasteiger partial charge is 0.269 e. The molecule has 1 aliphatic carbocycles. The number of halogens is 1. The topological polar surface area (TPSA) is 110 Å². The number of non-ortho nitro benzene ring substituents is 1. The average molecular weight is 343 g/mol. The minimum atomic E-state index is -0.433. The molecule has 128 valence electrons. The molecule has 1 aromatic rings. The van der Waals surface area contributed by atoms with E-state index in [-0.39, 0.29) is 30.0 Å². The van der Waals surface area contributed by atoms with Gasteiger partial charge < -0.3 is 16.4 Å². The zero-order chi connectivity index (χ0) is 15.9. The molecule has 0 radical (unpaired) electrons. The first-order valence-corrected chi connectivity index (χ1v) is 7.57. The van der Waals surface area contributed by atoms with Crippen molar-refractivity contribution in [3.63, 3.8) is 0 Å². The molecule has 0 heterocycles. The summed E-state index contributed by atoms with van der Waals surface area (Å²) in [6, 6.07) is 6.35. The van der Waals surface area contributed by atoms with E-state index in [1.54, 1.807) is 12.1 Å². The van der Waals surface area contributed by atoms with E-state index in [9.17, 15) is 14.9 Å². The van der Waals surface area contributed by atoms with Crippen LogP contribution in [0, 0.1) is 16.0 Å². The lowest BCUT2D eigenvalue weighted by molar-refractivity contribution is -0.384. The van der Waals surface area contributed by atoms with Gasteiger partial charge in [0.05, 0.1) is 4.92 Å². The molecule has 1 amide bonds. The molecule has 0 spiro atoms. The van der Waals surface area contributed by atoms with Crippen molar-refractivity contribution >= 4 is 29.7 Å². The standard InChI is InChI=1S/C15H22N4O3.ClH/c16-14-3-1-2-11(14)10-15(20)18-9-8-17-12-4-6-13(7-5-12)19(21)22;/h4-7,11,14,17H,1-3,8-10,16H2,(H,18,20);1H/t11-,14+;/m0./s1. The SMILES string of the molecule is Cl.N[C@@H]1CCC[C@H]1CC(=O)NCCNc1ccc([N+](=O)[O-])cc1. The molecule has 0 saturated heterocycles. The molecule has 2 atom stereocenters. The molecule has 0 aliphatic heterocycles. The summed E-state index contributed by atoms with van der Waals surface area (Å²) in [5.41, 5.74) is 6.80. The second-order valence-corrected chi connectivity index (χ2v) is 5.64. The quantitative estimate of drug-likeness (QED) is 0.399. The van der Waals surface area contributed by atoms with Crippen molar-refractivity contribution in [1.82, 2.24) is 5.32 Å². The minimum absolute atomic E-state index is 0. The number of rotatable bonds is 7. The fraction of sp³-hybridized carbons (Fsp3) is 0.533. The highest BCUT2D eigenvalue weighted by molar-refractivity contribution is 5.85. The fourth-order valence-corrected chi connectivity index (χ4v) is 2.74. The van der Waals surface area contributed by atoms with Crippen LogP contribution in [0.1, 0.15) is 25.7 Å². The third-order valence-electron chi connectivity index (χ3n) is 4.02. The van der Waals surface area contributed by atoms with Gasteiger partial charge in [0.2, 0.25) is 5.91 Å². The molecule has 0 unspecified atom stereocenters. The number of benzene rings is 1. The monoisotopic (exact) mass is 342 g/mol. The van der Waals surface area contributed by atoms with Crippen LogP contribution in [0.5, 0.6) is 0 Å². The maximum Gasteiger partial charge on any atom is 0.269 e. The first-order chi connectivity index (χ1) is 10.6. The molecule has 2 rings (SSSR count). The van der Waals surface area contributed by atoms with E-state index in [0.29, 0.717) is 25.4 Å². The van der Waals surface area contributed by atoms with E-state index in [1.165, 1.54) is 12.1 Å². The lowest BCUT2D eigenvalue weighted by Crippen LogP contribution is -2.33. The van der Waals surface area contributed by atoms with Gasteiger partial charge in [-0.2, -0.15) is 0 Å². The van der Waals surface area contributed by atoms with Crippen molar-refractivity contribution in [2.75, 3.05) is 18.4 Å². The Morgan fingerprint density at radius 2 is 1.96 bits per heavy atom. The van der Waals surface area contributed by atoms with Gasteiger partial charge in [-0.15, -0.1) is 12.4 Å². The summed E-state index contributed by atoms with van der Waals surface area (Å²) in [4.78, 5) is 21.9. The number of nitrogens with two attached hydrogens (primary N) is 1. The predicted molar refractivity (Wildman–Crippen MR) is 91.8 cm³/mol. The molecule has 1 fully saturated rings. The van der Waals surface area contributed by atoms with E-state index < -0.39 is 4.92 Å². The van der Waals surface area contributed by atoms with Gasteiger partial charge in [-0.05, 0) is 30.9 Å². The van der Waals surface area contributed by atoms with Gasteiger partial charge in [0.1, 0.15) is 0 Å². The van der Waals surface area contributed by atoms with E-state index in [1.807, 2.05) is 0 Å². The van der Waals surface area contributed by atoms with E-state index in [2.05, 4.69) is 10.6 Å². The molecule has 4 N–H and O–H groups in total. The van der Waals surface area contributed by atoms with Gasteiger partial charge in [0.25, 0.3) is 5.69 Å². The Kier molecular flexibility index (Phi) is 7.77. The summed E-state index contributed by atoms with van der Waals surface area (Å²) >= 11 is 0. The zero-order valence-electron chi connectivity index (χ0n) is 12.9. The second kappa shape index (κ2) is 9.32. The molecular weight excluding hydrogens is 320 g/mol. The largest absolute Gasteiger partial charge is 0.383 e. The Hall–Kier alpha value is -1.86. The molecular formula is C15H23ClN4O3. The van der Waals surface area contributed by atoms with Gasteiger partial charge in [-0.25, -0.2) is 0 Å². The number of nitrogens with zero attached hydrogens (tertiary/aromatic N) is 1. The van der Waals surface area contributed by atoms with Crippen LogP contribution in [0.2, 0.25) is 0 Å². The summed E-state index contributed by atoms with van der Waals surface area (Å²) in [7, 11) is 0. The van der Waals surface area contributed by atoms with Crippen molar-refractivity contribution in [2.24, 2.45) is 11.7 Å². The van der Waals surface area contributed by atoms with E-state index in [0.717, 1.165) is 24.9 Å². The Morgan fingerprint density at radius 3 is 2.52 bits per heavy atom. The molecule has 1 aromatic carbocycles. The van der Waals surface area contributed by atoms with Crippen molar-refractivity contribution in [2.45, 2.75) is 31.7 Å². The third kappa shape index (κ3) is 6.03. The van der Waals surface area contributed by atoms with Crippen LogP contribution in [0.4, 0.5) is 11.4 Å². The second-order valence-electron chi connectivity index (χ2n) is 5.64. The van der Waals surface area contributed by atoms with Crippen LogP contribution in [-0.4, -0.2) is 30.0 Å². The van der Waals surface area contributed by atoms with Crippen molar-refractivity contribution in [1.29, 1.82) is 0 Å². The van der Waals surface area contributed by atoms with Gasteiger partial charge >= 0.3 is 0 Å². The maximum absolute atomic E-state index is 11.8. The summed E-state index contributed by atoms with van der Waals surface area (Å²) in [5, 5.41) is 16.5. The van der Waals surface area contributed by atoms with Crippen LogP contribution in [0.25, 0.3) is 0 Å². The summed E-state index contributed by atoms with van der Waals surface area (Å²) < 4.78 is 0. The Balaban J connectivity index is 0.00000264. The van der Waals surface area contributed by atoms with Gasteiger partial charge in [0.15, 0.2) is 0 Å². The van der Waals surface area contributed by atoms with E-state index in [4.69, 9.17) is 5.73 Å². The Bertz CT molecular complexity index is 524. The number of hydrogen-bond donors (Lipinski definition) is 3. The number of nitro groups is 1. The predicted octanol–water partition coefficient (Wildman–Crippen LogP) is 2.06. The average Bonchev–Trinajstić information content (AvgIpc) is 2.89. The Morgan fingerprint density at radius 1 is 1.26 bits per heavy atom. The molecule has 0 aromatic heterocycles. The van der Waals surface area contributed by atoms with Crippen LogP contribution < -0.4 is 16.4 Å². The molecule has 23 heavy (non-hydrogen) atoms. The van der Waals surface area contributed by atoms with Crippen molar-refractivity contribution < 1.29 is 9.72 Å². The normalized spacial score (nSPS) is 19.7. The Labute approximate surface area is 141 Å². The lowest BCUT2D eigenvalue weighted by Gasteiger charge is -2.15. The number of carbonyl (C=O) groups is 1. The lowest BCUT2D eigenvalue weighted by atomic mass is 10.00. The number of anilines is 1. The van der Waals surface area contributed by atoms with E-state index >= 15 is 0 Å². The third-order valence-corrected chi connectivity index (χ3v) is 4.02. The highest BCUT2D eigenvalue weighted by atomic mass is 35.5. The number of amides is 1. The van der Waals surface area contributed by atoms with Gasteiger partial charge in [-0.1, -0.05) is 6.42 Å². The summed E-state index contributed by atoms with van der Waals surface area (Å²) in [6.07, 6.45) is 3.66. The van der Waals surface area contributed by atoms with Crippen LogP contribution in [-0.2, 0) is 4.79 Å². The number of nitro benzene ring substituents is 1. The fourth-order valence-electron chi connectivity index (χ4n) is 2.74. The van der Waals surface area contributed by atoms with Crippen LogP contribution in [0.3, 0.4) is 0 Å². The van der Waals surface area contributed by atoms with Gasteiger partial charge in [-0.3, -0.25) is 14.9 Å². The maximum atomic E-state index is 11.8. The summed E-state index contributed by atoms with van der Waals surface area (Å²) in [6.45, 7) is 1.08. The molecule has 1 saturated carbocycles. The highest BCUT2D eigenvalue weighted by Crippen LogP contribution is 2.26. The van der Waals surface area contributed by atoms with Crippen LogP contribution in [0.15, 0.2) is 24.3 Å². The number of hydrogen-bond acceptors (Lipinski definition) is 5. The first-order valence-electron chi connectivity index (χ1n) is 7.57.